The molecule has 10 heteroatoms. The van der Waals surface area contributed by atoms with E-state index in [0.29, 0.717) is 16.3 Å². The molecule has 0 aliphatic carbocycles. The summed E-state index contributed by atoms with van der Waals surface area (Å²) in [6.07, 6.45) is 2.43. The highest BCUT2D eigenvalue weighted by atomic mass is 32.2. The molecule has 8 nitrogen and oxygen atoms in total. The van der Waals surface area contributed by atoms with Crippen LogP contribution in [-0.2, 0) is 19.9 Å². The Kier molecular flexibility index (Phi) is 6.20. The molecule has 30 heavy (non-hydrogen) atoms. The van der Waals surface area contributed by atoms with Gasteiger partial charge in [0.05, 0.1) is 15.5 Å². The molecule has 0 atom stereocenters. The van der Waals surface area contributed by atoms with Crippen LogP contribution < -0.4 is 5.73 Å². The van der Waals surface area contributed by atoms with E-state index in [2.05, 4.69) is 4.98 Å². The first-order chi connectivity index (χ1) is 14.2. The van der Waals surface area contributed by atoms with Crippen LogP contribution in [-0.4, -0.2) is 51.2 Å². The molecule has 3 aromatic rings. The van der Waals surface area contributed by atoms with Crippen molar-refractivity contribution >= 4 is 42.7 Å². The number of nitrogens with zero attached hydrogens (tertiary/aromatic N) is 2. The molecule has 3 N–H and O–H groups in total. The summed E-state index contributed by atoms with van der Waals surface area (Å²) in [5, 5.41) is 8.34. The summed E-state index contributed by atoms with van der Waals surface area (Å²) in [7, 11) is -7.78. The van der Waals surface area contributed by atoms with Crippen molar-refractivity contribution < 1.29 is 16.8 Å². The van der Waals surface area contributed by atoms with E-state index in [0.717, 1.165) is 10.5 Å². The van der Waals surface area contributed by atoms with Crippen LogP contribution in [0.1, 0.15) is 5.56 Å². The second-order valence-electron chi connectivity index (χ2n) is 6.70. The van der Waals surface area contributed by atoms with E-state index >= 15 is 0 Å². The second kappa shape index (κ2) is 8.50. The minimum Gasteiger partial charge on any atom is -0.383 e. The van der Waals surface area contributed by atoms with Gasteiger partial charge in [-0.1, -0.05) is 30.3 Å². The van der Waals surface area contributed by atoms with Gasteiger partial charge in [-0.2, -0.15) is 4.31 Å². The van der Waals surface area contributed by atoms with Gasteiger partial charge in [0.25, 0.3) is 0 Å². The van der Waals surface area contributed by atoms with Gasteiger partial charge in [0.2, 0.25) is 10.0 Å². The maximum Gasteiger partial charge on any atom is 0.244 e. The third kappa shape index (κ3) is 4.20. The largest absolute Gasteiger partial charge is 0.383 e. The first-order valence-corrected chi connectivity index (χ1v) is 12.2. The van der Waals surface area contributed by atoms with Crippen LogP contribution in [0.3, 0.4) is 0 Å². The van der Waals surface area contributed by atoms with Gasteiger partial charge >= 0.3 is 0 Å². The van der Waals surface area contributed by atoms with Crippen molar-refractivity contribution in [3.8, 4) is 0 Å². The van der Waals surface area contributed by atoms with Crippen LogP contribution in [0.2, 0.25) is 0 Å². The molecule has 0 unspecified atom stereocenters. The number of anilines is 1. The molecule has 0 spiro atoms. The van der Waals surface area contributed by atoms with E-state index in [1.807, 2.05) is 0 Å². The van der Waals surface area contributed by atoms with Crippen LogP contribution in [0.4, 0.5) is 5.82 Å². The van der Waals surface area contributed by atoms with Gasteiger partial charge in [0.1, 0.15) is 5.82 Å². The molecule has 0 aliphatic heterocycles. The minimum absolute atomic E-state index is 0.00515. The van der Waals surface area contributed by atoms with Crippen LogP contribution in [0, 0.1) is 12.3 Å². The summed E-state index contributed by atoms with van der Waals surface area (Å²) < 4.78 is 53.1. The van der Waals surface area contributed by atoms with Crippen LogP contribution >= 0.6 is 0 Å². The zero-order valence-corrected chi connectivity index (χ0v) is 17.9. The molecule has 158 valence electrons. The lowest BCUT2D eigenvalue weighted by atomic mass is 10.1. The number of aryl methyl sites for hydroxylation is 1. The molecule has 3 rings (SSSR count). The highest BCUT2D eigenvalue weighted by Crippen LogP contribution is 2.30. The van der Waals surface area contributed by atoms with Gasteiger partial charge in [-0.15, -0.1) is 0 Å². The fourth-order valence-electron chi connectivity index (χ4n) is 3.18. The number of hydrogen-bond donors (Lipinski definition) is 2. The molecule has 0 saturated heterocycles. The summed E-state index contributed by atoms with van der Waals surface area (Å²) in [6, 6.07) is 12.6. The standard InChI is InChI=1S/C20H22N4O4S2/c1-15-14-23-20(22)17-8-5-9-18(19(15)17)30(27,28)24(11-10-21)12-13-29(25,26)16-6-3-2-4-7-16/h2-10,14,21H,11-13H2,1H3,(H2,22,23). The van der Waals surface area contributed by atoms with Crippen molar-refractivity contribution in [3.05, 3.63) is 60.3 Å². The zero-order chi connectivity index (χ0) is 21.9. The molecule has 0 radical (unpaired) electrons. The van der Waals surface area contributed by atoms with Gasteiger partial charge in [-0.3, -0.25) is 0 Å². The lowest BCUT2D eigenvalue weighted by Crippen LogP contribution is -2.36. The van der Waals surface area contributed by atoms with E-state index in [1.165, 1.54) is 24.4 Å². The third-order valence-electron chi connectivity index (χ3n) is 4.72. The fraction of sp³-hybridized carbons (Fsp3) is 0.200. The van der Waals surface area contributed by atoms with Crippen LogP contribution in [0.25, 0.3) is 10.8 Å². The number of rotatable bonds is 8. The number of nitrogen functional groups attached to an aromatic ring is 1. The van der Waals surface area contributed by atoms with Gasteiger partial charge in [0, 0.05) is 36.3 Å². The van der Waals surface area contributed by atoms with E-state index in [-0.39, 0.29) is 28.7 Å². The molecule has 0 fully saturated rings. The Hall–Kier alpha value is -2.82. The normalized spacial score (nSPS) is 12.3. The van der Waals surface area contributed by atoms with Crippen molar-refractivity contribution in [2.75, 3.05) is 24.6 Å². The third-order valence-corrected chi connectivity index (χ3v) is 8.34. The number of sulfonamides is 1. The Labute approximate surface area is 175 Å². The average Bonchev–Trinajstić information content (AvgIpc) is 2.74. The maximum absolute atomic E-state index is 13.4. The predicted octanol–water partition coefficient (Wildman–Crippen LogP) is 2.24. The summed E-state index contributed by atoms with van der Waals surface area (Å²) in [5.74, 6) is -0.199. The summed E-state index contributed by atoms with van der Waals surface area (Å²) in [6.45, 7) is 1.20. The van der Waals surface area contributed by atoms with E-state index in [4.69, 9.17) is 11.1 Å². The highest BCUT2D eigenvalue weighted by Gasteiger charge is 2.28. The number of benzene rings is 2. The Morgan fingerprint density at radius 2 is 1.77 bits per heavy atom. The first kappa shape index (κ1) is 21.9. The van der Waals surface area contributed by atoms with Gasteiger partial charge in [-0.05, 0) is 30.7 Å². The minimum atomic E-state index is -4.10. The number of aromatic nitrogens is 1. The number of nitrogens with two attached hydrogens (primary N) is 1. The molecule has 0 bridgehead atoms. The van der Waals surface area contributed by atoms with E-state index in [9.17, 15) is 16.8 Å². The molecule has 1 aromatic heterocycles. The molecule has 2 aromatic carbocycles. The van der Waals surface area contributed by atoms with Crippen molar-refractivity contribution in [1.29, 1.82) is 5.41 Å². The Bertz CT molecular complexity index is 1290. The zero-order valence-electron chi connectivity index (χ0n) is 16.3. The van der Waals surface area contributed by atoms with Crippen LogP contribution in [0.5, 0.6) is 0 Å². The molecule has 0 saturated carbocycles. The Morgan fingerprint density at radius 3 is 2.43 bits per heavy atom. The summed E-state index contributed by atoms with van der Waals surface area (Å²) in [5.41, 5.74) is 6.55. The van der Waals surface area contributed by atoms with E-state index < -0.39 is 25.6 Å². The van der Waals surface area contributed by atoms with Crippen molar-refractivity contribution in [2.45, 2.75) is 16.7 Å². The monoisotopic (exact) mass is 446 g/mol. The van der Waals surface area contributed by atoms with Crippen LogP contribution in [0.15, 0.2) is 64.5 Å². The summed E-state index contributed by atoms with van der Waals surface area (Å²) >= 11 is 0. The average molecular weight is 447 g/mol. The topological polar surface area (TPSA) is 134 Å². The number of sulfone groups is 1. The number of nitrogens with one attached hydrogen (secondary N) is 1. The second-order valence-corrected chi connectivity index (χ2v) is 10.7. The van der Waals surface area contributed by atoms with Gasteiger partial charge in [-0.25, -0.2) is 21.8 Å². The Balaban J connectivity index is 2.01. The lowest BCUT2D eigenvalue weighted by Gasteiger charge is -2.22. The van der Waals surface area contributed by atoms with Crippen molar-refractivity contribution in [3.63, 3.8) is 0 Å². The lowest BCUT2D eigenvalue weighted by molar-refractivity contribution is 0.468. The first-order valence-electron chi connectivity index (χ1n) is 9.09. The molecular weight excluding hydrogens is 424 g/mol. The van der Waals surface area contributed by atoms with Gasteiger partial charge < -0.3 is 11.1 Å². The van der Waals surface area contributed by atoms with E-state index in [1.54, 1.807) is 37.3 Å². The maximum atomic E-state index is 13.4. The molecular formula is C20H22N4O4S2. The number of fused-ring (bicyclic) bond motifs is 1. The number of pyridine rings is 1. The van der Waals surface area contributed by atoms with Crippen molar-refractivity contribution in [1.82, 2.24) is 9.29 Å². The summed E-state index contributed by atoms with van der Waals surface area (Å²) in [4.78, 5) is 4.19. The highest BCUT2D eigenvalue weighted by molar-refractivity contribution is 7.91. The number of hydrogen-bond acceptors (Lipinski definition) is 7. The van der Waals surface area contributed by atoms with Gasteiger partial charge in [0.15, 0.2) is 9.84 Å². The van der Waals surface area contributed by atoms with Crippen molar-refractivity contribution in [2.24, 2.45) is 0 Å². The fourth-order valence-corrected chi connectivity index (χ4v) is 6.23. The quantitative estimate of drug-likeness (QED) is 0.510. The Morgan fingerprint density at radius 1 is 1.07 bits per heavy atom. The predicted molar refractivity (Wildman–Crippen MR) is 117 cm³/mol. The smallest absolute Gasteiger partial charge is 0.244 e. The SMILES string of the molecule is Cc1cnc(N)c2cccc(S(=O)(=O)N(CC=N)CCS(=O)(=O)c3ccccc3)c12. The molecule has 0 amide bonds. The molecule has 0 aliphatic rings. The molecule has 1 heterocycles.